The molecule has 0 aromatic heterocycles. The van der Waals surface area contributed by atoms with Gasteiger partial charge in [-0.1, -0.05) is 24.3 Å². The van der Waals surface area contributed by atoms with Crippen molar-refractivity contribution in [3.63, 3.8) is 0 Å². The van der Waals surface area contributed by atoms with Crippen LogP contribution in [0.1, 0.15) is 5.56 Å². The molecule has 0 aliphatic carbocycles. The predicted molar refractivity (Wildman–Crippen MR) is 82.7 cm³/mol. The van der Waals surface area contributed by atoms with E-state index in [0.717, 1.165) is 5.56 Å². The first-order valence-corrected chi connectivity index (χ1v) is 5.66. The molecule has 4 heteroatoms. The van der Waals surface area contributed by atoms with Gasteiger partial charge in [0, 0.05) is 25.8 Å². The normalized spacial score (nSPS) is 6.75. The van der Waals surface area contributed by atoms with E-state index >= 15 is 0 Å². The Balaban J connectivity index is -0.0000000881. The number of rotatable bonds is 3. The molecule has 0 aliphatic heterocycles. The molecule has 0 aliphatic rings. The summed E-state index contributed by atoms with van der Waals surface area (Å²) >= 11 is 0. The van der Waals surface area contributed by atoms with Gasteiger partial charge in [0.25, 0.3) is 0 Å². The monoisotopic (exact) mass is 445 g/mol. The third-order valence-electron chi connectivity index (χ3n) is 1.23. The molecule has 0 radical (unpaired) electrons. The first kappa shape index (κ1) is 27.4. The molecule has 0 amide bonds. The van der Waals surface area contributed by atoms with Gasteiger partial charge in [-0.2, -0.15) is 24.6 Å². The van der Waals surface area contributed by atoms with Crippen molar-refractivity contribution in [2.75, 3.05) is 19.8 Å². The van der Waals surface area contributed by atoms with E-state index in [4.69, 9.17) is 15.3 Å². The smallest absolute Gasteiger partial charge is 0.0609 e. The summed E-state index contributed by atoms with van der Waals surface area (Å²) in [5.74, 6) is 0. The third kappa shape index (κ3) is 43.5. The maximum atomic E-state index is 7.76. The molecule has 3 nitrogen and oxygen atoms in total. The van der Waals surface area contributed by atoms with E-state index in [1.807, 2.05) is 30.3 Å². The summed E-state index contributed by atoms with van der Waals surface area (Å²) in [5.41, 5.74) is 1.07. The number of hydrogen-bond acceptors (Lipinski definition) is 3. The van der Waals surface area contributed by atoms with Crippen molar-refractivity contribution in [1.29, 1.82) is 0 Å². The second kappa shape index (κ2) is 30.8. The van der Waals surface area contributed by atoms with Crippen molar-refractivity contribution >= 4 is 0 Å². The van der Waals surface area contributed by atoms with Gasteiger partial charge in [-0.25, -0.2) is 0 Å². The summed E-state index contributed by atoms with van der Waals surface area (Å²) < 4.78 is 0. The van der Waals surface area contributed by atoms with Gasteiger partial charge in [-0.05, 0) is 0 Å². The van der Waals surface area contributed by atoms with Gasteiger partial charge >= 0.3 is 0 Å². The van der Waals surface area contributed by atoms with E-state index in [2.05, 4.69) is 26.7 Å². The second-order valence-electron chi connectivity index (χ2n) is 2.90. The van der Waals surface area contributed by atoms with Crippen LogP contribution in [0.3, 0.4) is 0 Å². The molecule has 0 saturated carbocycles. The van der Waals surface area contributed by atoms with Gasteiger partial charge in [-0.15, -0.1) is 31.9 Å². The molecular formula is C16H25HfO3-. The fourth-order valence-corrected chi connectivity index (χ4v) is 0.478. The maximum Gasteiger partial charge on any atom is 0.0609 e. The largest absolute Gasteiger partial charge is 0.392 e. The molecule has 1 rings (SSSR count). The van der Waals surface area contributed by atoms with Crippen LogP contribution in [0.25, 0.3) is 0 Å². The second-order valence-corrected chi connectivity index (χ2v) is 2.90. The zero-order chi connectivity index (χ0) is 15.4. The minimum absolute atomic E-state index is 0. The first-order valence-electron chi connectivity index (χ1n) is 5.66. The predicted octanol–water partition coefficient (Wildman–Crippen LogP) is 2.36. The number of benzene rings is 1. The zero-order valence-corrected chi connectivity index (χ0v) is 15.5. The third-order valence-corrected chi connectivity index (χ3v) is 1.23. The Morgan fingerprint density at radius 1 is 0.800 bits per heavy atom. The quantitative estimate of drug-likeness (QED) is 0.382. The molecular weight excluding hydrogens is 419 g/mol. The summed E-state index contributed by atoms with van der Waals surface area (Å²) in [6.07, 6.45) is 4.29. The molecule has 1 aromatic rings. The SMILES string of the molecule is C=CCO.C=CCO.C=CCO.[CH2-]c1ccccc1.[Hf]. The van der Waals surface area contributed by atoms with Crippen LogP contribution in [0.5, 0.6) is 0 Å². The molecule has 0 bridgehead atoms. The fraction of sp³-hybridized carbons (Fsp3) is 0.188. The van der Waals surface area contributed by atoms with Crippen LogP contribution in [0.4, 0.5) is 0 Å². The van der Waals surface area contributed by atoms with Gasteiger partial charge in [0.15, 0.2) is 0 Å². The average molecular weight is 444 g/mol. The first-order chi connectivity index (χ1) is 9.14. The van der Waals surface area contributed by atoms with Gasteiger partial charge in [0.2, 0.25) is 0 Å². The maximum absolute atomic E-state index is 7.76. The van der Waals surface area contributed by atoms with E-state index < -0.39 is 0 Å². The van der Waals surface area contributed by atoms with Gasteiger partial charge < -0.3 is 15.3 Å². The number of aliphatic hydroxyl groups excluding tert-OH is 3. The summed E-state index contributed by atoms with van der Waals surface area (Å²) in [5, 5.41) is 23.3. The van der Waals surface area contributed by atoms with Crippen LogP contribution in [0.2, 0.25) is 0 Å². The van der Waals surface area contributed by atoms with Crippen LogP contribution in [-0.4, -0.2) is 35.1 Å². The van der Waals surface area contributed by atoms with E-state index in [0.29, 0.717) is 0 Å². The molecule has 0 unspecified atom stereocenters. The summed E-state index contributed by atoms with van der Waals surface area (Å²) in [7, 11) is 0. The number of hydrogen-bond donors (Lipinski definition) is 3. The summed E-state index contributed by atoms with van der Waals surface area (Å²) in [6.45, 7) is 13.7. The van der Waals surface area contributed by atoms with Crippen molar-refractivity contribution in [3.8, 4) is 0 Å². The topological polar surface area (TPSA) is 60.7 Å². The minimum atomic E-state index is 0. The van der Waals surface area contributed by atoms with Gasteiger partial charge in [0.05, 0.1) is 19.8 Å². The Labute approximate surface area is 141 Å². The van der Waals surface area contributed by atoms with Crippen molar-refractivity contribution in [2.45, 2.75) is 0 Å². The Hall–Kier alpha value is -0.940. The van der Waals surface area contributed by atoms with E-state index in [1.165, 1.54) is 18.2 Å². The molecule has 3 N–H and O–H groups in total. The van der Waals surface area contributed by atoms with Crippen molar-refractivity contribution in [2.24, 2.45) is 0 Å². The molecule has 0 spiro atoms. The van der Waals surface area contributed by atoms with E-state index in [-0.39, 0.29) is 45.7 Å². The molecule has 0 atom stereocenters. The van der Waals surface area contributed by atoms with Crippen LogP contribution >= 0.6 is 0 Å². The fourth-order valence-electron chi connectivity index (χ4n) is 0.478. The van der Waals surface area contributed by atoms with Crippen molar-refractivity contribution in [3.05, 3.63) is 80.8 Å². The van der Waals surface area contributed by atoms with Crippen LogP contribution < -0.4 is 0 Å². The zero-order valence-electron chi connectivity index (χ0n) is 11.9. The van der Waals surface area contributed by atoms with Crippen LogP contribution in [-0.2, 0) is 25.8 Å². The molecule has 112 valence electrons. The van der Waals surface area contributed by atoms with Crippen molar-refractivity contribution < 1.29 is 41.2 Å². The summed E-state index contributed by atoms with van der Waals surface area (Å²) in [6, 6.07) is 9.87. The molecule has 0 heterocycles. The van der Waals surface area contributed by atoms with Gasteiger partial charge in [-0.3, -0.25) is 0 Å². The Morgan fingerprint density at radius 2 is 1.05 bits per heavy atom. The molecule has 0 fully saturated rings. The molecule has 0 saturated heterocycles. The number of aliphatic hydroxyl groups is 3. The van der Waals surface area contributed by atoms with Gasteiger partial charge in [0.1, 0.15) is 0 Å². The Kier molecular flexibility index (Phi) is 42.2. The van der Waals surface area contributed by atoms with Crippen LogP contribution in [0, 0.1) is 6.92 Å². The van der Waals surface area contributed by atoms with E-state index in [9.17, 15) is 0 Å². The summed E-state index contributed by atoms with van der Waals surface area (Å²) in [4.78, 5) is 0. The van der Waals surface area contributed by atoms with Crippen molar-refractivity contribution in [1.82, 2.24) is 0 Å². The Bertz CT molecular complexity index is 268. The van der Waals surface area contributed by atoms with E-state index in [1.54, 1.807) is 0 Å². The average Bonchev–Trinajstić information content (AvgIpc) is 2.48. The van der Waals surface area contributed by atoms with Crippen LogP contribution in [0.15, 0.2) is 68.3 Å². The minimum Gasteiger partial charge on any atom is -0.392 e. The Morgan fingerprint density at radius 3 is 1.15 bits per heavy atom. The standard InChI is InChI=1S/C7H7.3C3H6O.Hf/c1-7-5-3-2-4-6-7;3*1-2-3-4;/h2-6H,1H2;3*2,4H,1,3H2;/q-1;;;;. The molecule has 1 aromatic carbocycles. The molecule has 20 heavy (non-hydrogen) atoms.